The Morgan fingerprint density at radius 3 is 2.74 bits per heavy atom. The van der Waals surface area contributed by atoms with E-state index in [1.165, 1.54) is 19.1 Å². The molecule has 3 N–H and O–H groups in total. The molecule has 0 saturated carbocycles. The van der Waals surface area contributed by atoms with Crippen molar-refractivity contribution in [2.45, 2.75) is 25.5 Å². The molecule has 0 bridgehead atoms. The summed E-state index contributed by atoms with van der Waals surface area (Å²) in [5, 5.41) is 27.7. The number of carboxylic acids is 1. The molecular weight excluding hydrogens is 346 g/mol. The molecule has 1 aliphatic heterocycles. The number of benzene rings is 1. The lowest BCUT2D eigenvalue weighted by atomic mass is 10.1. The van der Waals surface area contributed by atoms with E-state index in [1.807, 2.05) is 6.07 Å². The minimum absolute atomic E-state index is 0.115. The summed E-state index contributed by atoms with van der Waals surface area (Å²) in [7, 11) is -4.20. The largest absolute Gasteiger partial charge is 0.480 e. The number of carbonyl (C=O) groups is 1. The van der Waals surface area contributed by atoms with Gasteiger partial charge in [-0.2, -0.15) is 18.0 Å². The van der Waals surface area contributed by atoms with Gasteiger partial charge in [-0.1, -0.05) is 11.6 Å². The predicted molar refractivity (Wildman–Crippen MR) is 82.2 cm³/mol. The summed E-state index contributed by atoms with van der Waals surface area (Å²) in [5.74, 6) is -1.33. The second-order valence-electron chi connectivity index (χ2n) is 5.13. The molecule has 0 aliphatic carbocycles. The van der Waals surface area contributed by atoms with Crippen LogP contribution < -0.4 is 4.72 Å². The van der Waals surface area contributed by atoms with Gasteiger partial charge in [0.2, 0.25) is 0 Å². The van der Waals surface area contributed by atoms with Gasteiger partial charge >= 0.3 is 16.2 Å². The Bertz CT molecular complexity index is 790. The van der Waals surface area contributed by atoms with E-state index >= 15 is 0 Å². The van der Waals surface area contributed by atoms with Crippen LogP contribution in [0.3, 0.4) is 0 Å². The number of rotatable bonds is 4. The summed E-state index contributed by atoms with van der Waals surface area (Å²) < 4.78 is 27.8. The lowest BCUT2D eigenvalue weighted by molar-refractivity contribution is -0.140. The first kappa shape index (κ1) is 17.5. The number of aliphatic hydroxyl groups excluding tert-OH is 1. The molecule has 0 radical (unpaired) electrons. The second kappa shape index (κ2) is 6.33. The minimum Gasteiger partial charge on any atom is -0.480 e. The first-order chi connectivity index (χ1) is 10.7. The summed E-state index contributed by atoms with van der Waals surface area (Å²) in [4.78, 5) is 11.2. The lowest BCUT2D eigenvalue weighted by Crippen LogP contribution is -2.43. The molecule has 10 heteroatoms. The number of hydrogen-bond donors (Lipinski definition) is 3. The third-order valence-electron chi connectivity index (χ3n) is 3.57. The lowest BCUT2D eigenvalue weighted by Gasteiger charge is -2.22. The molecule has 1 aromatic carbocycles. The smallest absolute Gasteiger partial charge is 0.322 e. The number of halogens is 1. The molecule has 0 spiro atoms. The number of β-amino-alcohol motifs (C(OH)–C–C–N with tert-alkyl or cyclic N) is 1. The number of nitriles is 1. The van der Waals surface area contributed by atoms with Crippen LogP contribution in [0.1, 0.15) is 17.5 Å². The summed E-state index contributed by atoms with van der Waals surface area (Å²) >= 11 is 5.98. The molecule has 0 aromatic heterocycles. The molecule has 124 valence electrons. The van der Waals surface area contributed by atoms with E-state index in [0.29, 0.717) is 9.87 Å². The van der Waals surface area contributed by atoms with E-state index in [4.69, 9.17) is 22.0 Å². The van der Waals surface area contributed by atoms with Crippen LogP contribution in [0.4, 0.5) is 5.69 Å². The maximum atomic E-state index is 12.4. The van der Waals surface area contributed by atoms with E-state index < -0.39 is 28.3 Å². The van der Waals surface area contributed by atoms with Crippen molar-refractivity contribution in [1.29, 1.82) is 5.26 Å². The molecule has 23 heavy (non-hydrogen) atoms. The molecule has 1 saturated heterocycles. The highest BCUT2D eigenvalue weighted by atomic mass is 35.5. The van der Waals surface area contributed by atoms with Crippen molar-refractivity contribution in [1.82, 2.24) is 4.31 Å². The van der Waals surface area contributed by atoms with Crippen molar-refractivity contribution in [2.24, 2.45) is 0 Å². The Kier molecular flexibility index (Phi) is 4.81. The van der Waals surface area contributed by atoms with Crippen molar-refractivity contribution in [3.05, 3.63) is 28.3 Å². The molecule has 1 aliphatic rings. The van der Waals surface area contributed by atoms with Gasteiger partial charge in [0.25, 0.3) is 0 Å². The van der Waals surface area contributed by atoms with Gasteiger partial charge in [0.05, 0.1) is 22.4 Å². The average molecular weight is 360 g/mol. The van der Waals surface area contributed by atoms with E-state index in [2.05, 4.69) is 4.72 Å². The van der Waals surface area contributed by atoms with Gasteiger partial charge in [0.15, 0.2) is 0 Å². The zero-order chi connectivity index (χ0) is 17.4. The van der Waals surface area contributed by atoms with E-state index in [1.54, 1.807) is 0 Å². The van der Waals surface area contributed by atoms with Crippen molar-refractivity contribution in [2.75, 3.05) is 11.3 Å². The summed E-state index contributed by atoms with van der Waals surface area (Å²) in [6.45, 7) is 1.23. The van der Waals surface area contributed by atoms with E-state index in [0.717, 1.165) is 0 Å². The first-order valence-corrected chi connectivity index (χ1v) is 8.39. The fraction of sp³-hybridized carbons (Fsp3) is 0.385. The van der Waals surface area contributed by atoms with Gasteiger partial charge < -0.3 is 10.2 Å². The molecular formula is C13H14ClN3O5S. The van der Waals surface area contributed by atoms with Crippen LogP contribution >= 0.6 is 11.6 Å². The van der Waals surface area contributed by atoms with Crippen molar-refractivity contribution in [3.8, 4) is 6.07 Å². The fourth-order valence-corrected chi connectivity index (χ4v) is 4.06. The predicted octanol–water partition coefficient (Wildman–Crippen LogP) is 0.697. The van der Waals surface area contributed by atoms with Crippen LogP contribution in [-0.4, -0.2) is 47.6 Å². The molecule has 1 heterocycles. The second-order valence-corrected chi connectivity index (χ2v) is 7.13. The topological polar surface area (TPSA) is 131 Å². The van der Waals surface area contributed by atoms with Gasteiger partial charge in [-0.15, -0.1) is 0 Å². The Balaban J connectivity index is 2.34. The third-order valence-corrected chi connectivity index (χ3v) is 5.56. The molecule has 1 aromatic rings. The van der Waals surface area contributed by atoms with Crippen LogP contribution in [0, 0.1) is 18.3 Å². The highest BCUT2D eigenvalue weighted by molar-refractivity contribution is 7.90. The van der Waals surface area contributed by atoms with Crippen LogP contribution in [0.25, 0.3) is 0 Å². The standard InChI is InChI=1S/C13H14ClN3O5S/c1-7-10(3-2-8(5-15)12(7)14)16-23(21,22)17-6-9(18)4-11(17)13(19)20/h2-3,9,11,16,18H,4,6H2,1H3,(H,19,20). The fourth-order valence-electron chi connectivity index (χ4n) is 2.35. The van der Waals surface area contributed by atoms with Crippen molar-refractivity contribution >= 4 is 33.5 Å². The normalized spacial score (nSPS) is 21.8. The zero-order valence-corrected chi connectivity index (χ0v) is 13.6. The molecule has 2 rings (SSSR count). The van der Waals surface area contributed by atoms with E-state index in [9.17, 15) is 18.3 Å². The van der Waals surface area contributed by atoms with Crippen LogP contribution in [-0.2, 0) is 15.0 Å². The quantitative estimate of drug-likeness (QED) is 0.725. The van der Waals surface area contributed by atoms with Gasteiger partial charge in [0.1, 0.15) is 12.1 Å². The third kappa shape index (κ3) is 3.40. The summed E-state index contributed by atoms with van der Waals surface area (Å²) in [6.07, 6.45) is -1.22. The Hall–Kier alpha value is -1.86. The summed E-state index contributed by atoms with van der Waals surface area (Å²) in [6, 6.07) is 3.28. The number of aliphatic carboxylic acids is 1. The molecule has 8 nitrogen and oxygen atoms in total. The number of nitrogens with zero attached hydrogens (tertiary/aromatic N) is 2. The highest BCUT2D eigenvalue weighted by Gasteiger charge is 2.43. The number of anilines is 1. The molecule has 0 amide bonds. The first-order valence-electron chi connectivity index (χ1n) is 6.57. The summed E-state index contributed by atoms with van der Waals surface area (Å²) in [5.41, 5.74) is 0.688. The average Bonchev–Trinajstić information content (AvgIpc) is 2.87. The minimum atomic E-state index is -4.20. The number of hydrogen-bond acceptors (Lipinski definition) is 5. The number of nitrogens with one attached hydrogen (secondary N) is 1. The van der Waals surface area contributed by atoms with Crippen LogP contribution in [0.15, 0.2) is 12.1 Å². The maximum absolute atomic E-state index is 12.4. The monoisotopic (exact) mass is 359 g/mol. The highest BCUT2D eigenvalue weighted by Crippen LogP contribution is 2.29. The number of carboxylic acid groups (broad SMARTS) is 1. The Labute approximate surface area is 138 Å². The molecule has 1 fully saturated rings. The van der Waals surface area contributed by atoms with Crippen molar-refractivity contribution < 1.29 is 23.4 Å². The molecule has 2 unspecified atom stereocenters. The van der Waals surface area contributed by atoms with Crippen LogP contribution in [0.2, 0.25) is 5.02 Å². The maximum Gasteiger partial charge on any atom is 0.322 e. The van der Waals surface area contributed by atoms with Gasteiger partial charge in [-0.05, 0) is 24.6 Å². The number of aliphatic hydroxyl groups is 1. The van der Waals surface area contributed by atoms with Gasteiger partial charge in [-0.25, -0.2) is 0 Å². The Morgan fingerprint density at radius 1 is 1.52 bits per heavy atom. The van der Waals surface area contributed by atoms with E-state index in [-0.39, 0.29) is 29.2 Å². The van der Waals surface area contributed by atoms with Gasteiger partial charge in [0, 0.05) is 13.0 Å². The van der Waals surface area contributed by atoms with Crippen LogP contribution in [0.5, 0.6) is 0 Å². The Morgan fingerprint density at radius 2 is 2.17 bits per heavy atom. The van der Waals surface area contributed by atoms with Crippen molar-refractivity contribution in [3.63, 3.8) is 0 Å². The SMILES string of the molecule is Cc1c(NS(=O)(=O)N2CC(O)CC2C(=O)O)ccc(C#N)c1Cl. The zero-order valence-electron chi connectivity index (χ0n) is 12.0. The molecule has 2 atom stereocenters. The van der Waals surface area contributed by atoms with Gasteiger partial charge in [-0.3, -0.25) is 9.52 Å².